The molecule has 1 heterocycles. The zero-order valence-corrected chi connectivity index (χ0v) is 17.2. The topological polar surface area (TPSA) is 116 Å². The van der Waals surface area contributed by atoms with E-state index in [-0.39, 0.29) is 34.6 Å². The zero-order chi connectivity index (χ0) is 20.8. The predicted molar refractivity (Wildman–Crippen MR) is 112 cm³/mol. The highest BCUT2D eigenvalue weighted by atomic mass is 32.2. The number of nitrogens with zero attached hydrogens (tertiary/aromatic N) is 3. The van der Waals surface area contributed by atoms with Crippen LogP contribution in [0.15, 0.2) is 29.3 Å². The second-order valence-corrected chi connectivity index (χ2v) is 7.90. The fraction of sp³-hybridized carbons (Fsp3) is 0.333. The first-order valence-electron chi connectivity index (χ1n) is 8.94. The molecule has 0 fully saturated rings. The fourth-order valence-electron chi connectivity index (χ4n) is 2.72. The van der Waals surface area contributed by atoms with Crippen LogP contribution in [0, 0.1) is 22.7 Å². The minimum atomic E-state index is -0.156. The predicted octanol–water partition coefficient (Wildman–Crippen LogP) is 3.81. The first-order valence-corrected chi connectivity index (χ1v) is 9.93. The van der Waals surface area contributed by atoms with Crippen molar-refractivity contribution in [1.82, 2.24) is 10.3 Å². The van der Waals surface area contributed by atoms with Crippen molar-refractivity contribution in [1.29, 1.82) is 10.5 Å². The molecule has 0 aliphatic carbocycles. The van der Waals surface area contributed by atoms with Gasteiger partial charge in [-0.15, -0.1) is 0 Å². The Bertz CT molecular complexity index is 953. The van der Waals surface area contributed by atoms with Crippen molar-refractivity contribution in [3.05, 3.63) is 41.0 Å². The van der Waals surface area contributed by atoms with Crippen LogP contribution in [0.3, 0.4) is 0 Å². The van der Waals surface area contributed by atoms with Gasteiger partial charge in [0.15, 0.2) is 0 Å². The second-order valence-electron chi connectivity index (χ2n) is 6.94. The normalized spacial score (nSPS) is 10.6. The fourth-order valence-corrected chi connectivity index (χ4v) is 3.53. The Morgan fingerprint density at radius 1 is 1.14 bits per heavy atom. The number of anilines is 1. The number of hydrogen-bond donors (Lipinski definition) is 2. The highest BCUT2D eigenvalue weighted by Crippen LogP contribution is 2.36. The third-order valence-electron chi connectivity index (χ3n) is 4.07. The summed E-state index contributed by atoms with van der Waals surface area (Å²) in [6.07, 6.45) is 0. The van der Waals surface area contributed by atoms with Crippen molar-refractivity contribution >= 4 is 23.5 Å². The van der Waals surface area contributed by atoms with E-state index < -0.39 is 0 Å². The molecule has 6 nitrogen and oxygen atoms in total. The summed E-state index contributed by atoms with van der Waals surface area (Å²) >= 11 is 1.14. The van der Waals surface area contributed by atoms with Gasteiger partial charge in [-0.2, -0.15) is 10.5 Å². The Morgan fingerprint density at radius 2 is 1.75 bits per heavy atom. The SMILES string of the molecule is CC(C)NC(=O)CSc1nc(N)c(C#N)c(-c2ccc(C(C)C)cc2)c1C#N. The molecule has 0 aliphatic heterocycles. The number of nitrogens with two attached hydrogens (primary N) is 1. The molecular weight excluding hydrogens is 370 g/mol. The van der Waals surface area contributed by atoms with Gasteiger partial charge in [-0.05, 0) is 30.9 Å². The number of nitriles is 2. The van der Waals surface area contributed by atoms with E-state index in [1.165, 1.54) is 0 Å². The Kier molecular flexibility index (Phi) is 7.03. The Hall–Kier alpha value is -3.03. The number of nitrogens with one attached hydrogen (secondary N) is 1. The third kappa shape index (κ3) is 4.82. The van der Waals surface area contributed by atoms with Crippen molar-refractivity contribution in [2.24, 2.45) is 0 Å². The maximum absolute atomic E-state index is 12.0. The van der Waals surface area contributed by atoms with E-state index >= 15 is 0 Å². The molecular formula is C21H23N5OS. The molecule has 1 aromatic carbocycles. The van der Waals surface area contributed by atoms with Gasteiger partial charge in [0, 0.05) is 11.6 Å². The van der Waals surface area contributed by atoms with Gasteiger partial charge in [0.2, 0.25) is 5.91 Å². The lowest BCUT2D eigenvalue weighted by atomic mass is 9.94. The monoisotopic (exact) mass is 393 g/mol. The number of pyridine rings is 1. The lowest BCUT2D eigenvalue weighted by Crippen LogP contribution is -2.31. The van der Waals surface area contributed by atoms with E-state index in [9.17, 15) is 15.3 Å². The summed E-state index contributed by atoms with van der Waals surface area (Å²) in [5, 5.41) is 22.5. The van der Waals surface area contributed by atoms with Gasteiger partial charge >= 0.3 is 0 Å². The molecule has 0 radical (unpaired) electrons. The van der Waals surface area contributed by atoms with E-state index in [0.29, 0.717) is 16.5 Å². The lowest BCUT2D eigenvalue weighted by Gasteiger charge is -2.14. The molecule has 2 aromatic rings. The standard InChI is InChI=1S/C21H23N5OS/c1-12(2)14-5-7-15(8-6-14)19-16(9-22)20(24)26-21(17(19)10-23)28-11-18(27)25-13(3)4/h5-8,12-13H,11H2,1-4H3,(H2,24,26)(H,25,27). The van der Waals surface area contributed by atoms with Crippen LogP contribution in [0.4, 0.5) is 5.82 Å². The van der Waals surface area contributed by atoms with Crippen molar-refractivity contribution in [3.63, 3.8) is 0 Å². The minimum Gasteiger partial charge on any atom is -0.383 e. The van der Waals surface area contributed by atoms with Crippen LogP contribution >= 0.6 is 11.8 Å². The Morgan fingerprint density at radius 3 is 2.25 bits per heavy atom. The van der Waals surface area contributed by atoms with Crippen LogP contribution in [-0.4, -0.2) is 22.7 Å². The van der Waals surface area contributed by atoms with Crippen molar-refractivity contribution in [3.8, 4) is 23.3 Å². The Balaban J connectivity index is 2.52. The number of rotatable bonds is 6. The molecule has 0 saturated carbocycles. The molecule has 0 spiro atoms. The van der Waals surface area contributed by atoms with Crippen LogP contribution in [0.2, 0.25) is 0 Å². The molecule has 0 saturated heterocycles. The molecule has 144 valence electrons. The van der Waals surface area contributed by atoms with Gasteiger partial charge in [0.1, 0.15) is 28.5 Å². The van der Waals surface area contributed by atoms with Crippen molar-refractivity contribution < 1.29 is 4.79 Å². The molecule has 0 unspecified atom stereocenters. The molecule has 0 aliphatic rings. The number of amides is 1. The number of thioether (sulfide) groups is 1. The molecule has 1 aromatic heterocycles. The number of carbonyl (C=O) groups is 1. The van der Waals surface area contributed by atoms with Crippen molar-refractivity contribution in [2.45, 2.75) is 44.7 Å². The molecule has 3 N–H and O–H groups in total. The minimum absolute atomic E-state index is 0.0255. The van der Waals surface area contributed by atoms with Gasteiger partial charge in [0.05, 0.1) is 11.3 Å². The highest BCUT2D eigenvalue weighted by Gasteiger charge is 2.21. The highest BCUT2D eigenvalue weighted by molar-refractivity contribution is 8.00. The summed E-state index contributed by atoms with van der Waals surface area (Å²) < 4.78 is 0. The summed E-state index contributed by atoms with van der Waals surface area (Å²) in [7, 11) is 0. The average molecular weight is 394 g/mol. The van der Waals surface area contributed by atoms with Gasteiger partial charge in [-0.25, -0.2) is 4.98 Å². The van der Waals surface area contributed by atoms with E-state index in [0.717, 1.165) is 22.9 Å². The summed E-state index contributed by atoms with van der Waals surface area (Å²) in [4.78, 5) is 16.2. The van der Waals surface area contributed by atoms with Crippen LogP contribution < -0.4 is 11.1 Å². The summed E-state index contributed by atoms with van der Waals surface area (Å²) in [5.41, 5.74) is 8.76. The second kappa shape index (κ2) is 9.25. The van der Waals surface area contributed by atoms with E-state index in [1.54, 1.807) is 0 Å². The van der Waals surface area contributed by atoms with Gasteiger partial charge < -0.3 is 11.1 Å². The Labute approximate surface area is 169 Å². The number of nitrogen functional groups attached to an aromatic ring is 1. The maximum atomic E-state index is 12.0. The molecule has 0 atom stereocenters. The largest absolute Gasteiger partial charge is 0.383 e. The molecule has 7 heteroatoms. The first kappa shape index (κ1) is 21.3. The van der Waals surface area contributed by atoms with E-state index in [2.05, 4.69) is 36.3 Å². The summed E-state index contributed by atoms with van der Waals surface area (Å²) in [5.74, 6) is 0.373. The number of carbonyl (C=O) groups excluding carboxylic acids is 1. The summed E-state index contributed by atoms with van der Waals surface area (Å²) in [6.45, 7) is 7.94. The van der Waals surface area contributed by atoms with Crippen LogP contribution in [0.1, 0.15) is 50.3 Å². The molecule has 0 bridgehead atoms. The first-order chi connectivity index (χ1) is 13.3. The zero-order valence-electron chi connectivity index (χ0n) is 16.4. The number of hydrogen-bond acceptors (Lipinski definition) is 6. The summed E-state index contributed by atoms with van der Waals surface area (Å²) in [6, 6.07) is 11.9. The van der Waals surface area contributed by atoms with Crippen LogP contribution in [0.25, 0.3) is 11.1 Å². The van der Waals surface area contributed by atoms with Gasteiger partial charge in [-0.1, -0.05) is 49.9 Å². The third-order valence-corrected chi connectivity index (χ3v) is 5.05. The quantitative estimate of drug-likeness (QED) is 0.721. The molecule has 2 rings (SSSR count). The number of aromatic nitrogens is 1. The van der Waals surface area contributed by atoms with Crippen LogP contribution in [0.5, 0.6) is 0 Å². The average Bonchev–Trinajstić information content (AvgIpc) is 2.65. The van der Waals surface area contributed by atoms with Crippen molar-refractivity contribution in [2.75, 3.05) is 11.5 Å². The lowest BCUT2D eigenvalue weighted by molar-refractivity contribution is -0.119. The van der Waals surface area contributed by atoms with Gasteiger partial charge in [0.25, 0.3) is 0 Å². The van der Waals surface area contributed by atoms with Gasteiger partial charge in [-0.3, -0.25) is 4.79 Å². The van der Waals surface area contributed by atoms with Crippen LogP contribution in [-0.2, 0) is 4.79 Å². The molecule has 1 amide bonds. The molecule has 28 heavy (non-hydrogen) atoms. The van der Waals surface area contributed by atoms with E-state index in [4.69, 9.17) is 5.73 Å². The van der Waals surface area contributed by atoms with E-state index in [1.807, 2.05) is 38.1 Å². The maximum Gasteiger partial charge on any atom is 0.230 e. The smallest absolute Gasteiger partial charge is 0.230 e. The number of benzene rings is 1.